The number of rotatable bonds is 4. The van der Waals surface area contributed by atoms with Crippen molar-refractivity contribution in [1.82, 2.24) is 5.32 Å². The van der Waals surface area contributed by atoms with Crippen molar-refractivity contribution in [3.05, 3.63) is 21.9 Å². The van der Waals surface area contributed by atoms with Crippen LogP contribution in [0.4, 0.5) is 0 Å². The lowest BCUT2D eigenvalue weighted by atomic mass is 10.2. The van der Waals surface area contributed by atoms with Gasteiger partial charge in [-0.05, 0) is 36.3 Å². The fourth-order valence-electron chi connectivity index (χ4n) is 1.36. The molecule has 0 bridgehead atoms. The second-order valence-electron chi connectivity index (χ2n) is 3.38. The summed E-state index contributed by atoms with van der Waals surface area (Å²) in [7, 11) is 0. The Labute approximate surface area is 77.8 Å². The average Bonchev–Trinajstić information content (AvgIpc) is 2.81. The molecule has 2 rings (SSSR count). The van der Waals surface area contributed by atoms with Crippen LogP contribution in [0.1, 0.15) is 30.2 Å². The smallest absolute Gasteiger partial charge is 0.0305 e. The number of aryl methyl sites for hydroxylation is 1. The molecule has 1 aliphatic carbocycles. The molecule has 0 spiro atoms. The van der Waals surface area contributed by atoms with Crippen molar-refractivity contribution in [1.29, 1.82) is 0 Å². The van der Waals surface area contributed by atoms with Crippen molar-refractivity contribution in [2.75, 3.05) is 0 Å². The Morgan fingerprint density at radius 3 is 3.08 bits per heavy atom. The molecule has 1 aliphatic rings. The zero-order valence-corrected chi connectivity index (χ0v) is 8.29. The Hall–Kier alpha value is -0.340. The molecule has 1 nitrogen and oxygen atoms in total. The predicted octanol–water partition coefficient (Wildman–Crippen LogP) is 2.56. The summed E-state index contributed by atoms with van der Waals surface area (Å²) in [6, 6.07) is 3.07. The first-order valence-electron chi connectivity index (χ1n) is 4.68. The van der Waals surface area contributed by atoms with Gasteiger partial charge in [0, 0.05) is 17.5 Å². The number of hydrogen-bond acceptors (Lipinski definition) is 2. The minimum atomic E-state index is 0.830. The highest BCUT2D eigenvalue weighted by atomic mass is 32.1. The number of nitrogens with one attached hydrogen (secondary N) is 1. The van der Waals surface area contributed by atoms with E-state index in [0.29, 0.717) is 0 Å². The van der Waals surface area contributed by atoms with E-state index in [1.54, 1.807) is 0 Å². The van der Waals surface area contributed by atoms with Gasteiger partial charge < -0.3 is 5.32 Å². The normalized spacial score (nSPS) is 16.8. The van der Waals surface area contributed by atoms with E-state index >= 15 is 0 Å². The van der Waals surface area contributed by atoms with Crippen LogP contribution in [0.25, 0.3) is 0 Å². The highest BCUT2D eigenvalue weighted by Crippen LogP contribution is 2.22. The third kappa shape index (κ3) is 1.87. The van der Waals surface area contributed by atoms with Crippen LogP contribution in [-0.4, -0.2) is 6.04 Å². The summed E-state index contributed by atoms with van der Waals surface area (Å²) in [6.07, 6.45) is 3.94. The zero-order valence-electron chi connectivity index (χ0n) is 7.47. The maximum atomic E-state index is 3.54. The molecule has 0 aromatic carbocycles. The molecule has 0 radical (unpaired) electrons. The van der Waals surface area contributed by atoms with E-state index in [1.165, 1.54) is 29.7 Å². The van der Waals surface area contributed by atoms with E-state index in [9.17, 15) is 0 Å². The lowest BCUT2D eigenvalue weighted by Gasteiger charge is -2.02. The van der Waals surface area contributed by atoms with Crippen LogP contribution < -0.4 is 5.32 Å². The van der Waals surface area contributed by atoms with Gasteiger partial charge in [0.15, 0.2) is 0 Å². The summed E-state index contributed by atoms with van der Waals surface area (Å²) in [5.74, 6) is 0. The van der Waals surface area contributed by atoms with Gasteiger partial charge in [-0.25, -0.2) is 0 Å². The molecule has 1 aromatic rings. The van der Waals surface area contributed by atoms with E-state index in [-0.39, 0.29) is 0 Å². The van der Waals surface area contributed by atoms with Gasteiger partial charge >= 0.3 is 0 Å². The van der Waals surface area contributed by atoms with E-state index in [1.807, 2.05) is 11.3 Å². The number of thiophene rings is 1. The molecule has 0 amide bonds. The molecule has 0 atom stereocenters. The van der Waals surface area contributed by atoms with Crippen molar-refractivity contribution < 1.29 is 0 Å². The van der Waals surface area contributed by atoms with Gasteiger partial charge in [0.05, 0.1) is 0 Å². The van der Waals surface area contributed by atoms with Crippen LogP contribution in [0.2, 0.25) is 0 Å². The second-order valence-corrected chi connectivity index (χ2v) is 4.38. The summed E-state index contributed by atoms with van der Waals surface area (Å²) >= 11 is 1.88. The molecule has 1 heterocycles. The molecule has 1 saturated carbocycles. The van der Waals surface area contributed by atoms with Crippen molar-refractivity contribution in [3.8, 4) is 0 Å². The molecule has 0 saturated heterocycles. The van der Waals surface area contributed by atoms with Gasteiger partial charge in [0.2, 0.25) is 0 Å². The van der Waals surface area contributed by atoms with Gasteiger partial charge in [0.25, 0.3) is 0 Å². The Kier molecular flexibility index (Phi) is 2.47. The van der Waals surface area contributed by atoms with Gasteiger partial charge in [-0.3, -0.25) is 0 Å². The maximum Gasteiger partial charge on any atom is 0.0305 e. The number of hydrogen-bond donors (Lipinski definition) is 1. The average molecular weight is 181 g/mol. The molecule has 0 unspecified atom stereocenters. The molecule has 0 aliphatic heterocycles. The Morgan fingerprint density at radius 1 is 1.58 bits per heavy atom. The fourth-order valence-corrected chi connectivity index (χ4v) is 2.29. The zero-order chi connectivity index (χ0) is 8.39. The van der Waals surface area contributed by atoms with Gasteiger partial charge in [-0.2, -0.15) is 0 Å². The molecular weight excluding hydrogens is 166 g/mol. The SMILES string of the molecule is CCc1ccsc1CNC1CC1. The molecule has 12 heavy (non-hydrogen) atoms. The highest BCUT2D eigenvalue weighted by Gasteiger charge is 2.20. The van der Waals surface area contributed by atoms with E-state index in [4.69, 9.17) is 0 Å². The van der Waals surface area contributed by atoms with Crippen molar-refractivity contribution in [2.45, 2.75) is 38.8 Å². The van der Waals surface area contributed by atoms with Crippen LogP contribution in [0, 0.1) is 0 Å². The van der Waals surface area contributed by atoms with Crippen LogP contribution in [0.5, 0.6) is 0 Å². The van der Waals surface area contributed by atoms with Crippen LogP contribution in [-0.2, 0) is 13.0 Å². The second kappa shape index (κ2) is 3.58. The summed E-state index contributed by atoms with van der Waals surface area (Å²) in [4.78, 5) is 1.53. The van der Waals surface area contributed by atoms with Crippen molar-refractivity contribution in [2.24, 2.45) is 0 Å². The summed E-state index contributed by atoms with van der Waals surface area (Å²) in [5, 5.41) is 5.74. The summed E-state index contributed by atoms with van der Waals surface area (Å²) in [5.41, 5.74) is 1.52. The minimum Gasteiger partial charge on any atom is -0.309 e. The van der Waals surface area contributed by atoms with Crippen LogP contribution in [0.3, 0.4) is 0 Å². The topological polar surface area (TPSA) is 12.0 Å². The molecule has 66 valence electrons. The van der Waals surface area contributed by atoms with E-state index < -0.39 is 0 Å². The molecule has 1 aromatic heterocycles. The monoisotopic (exact) mass is 181 g/mol. The molecule has 1 N–H and O–H groups in total. The van der Waals surface area contributed by atoms with Crippen molar-refractivity contribution >= 4 is 11.3 Å². The first kappa shape index (κ1) is 8.27. The quantitative estimate of drug-likeness (QED) is 0.752. The summed E-state index contributed by atoms with van der Waals surface area (Å²) in [6.45, 7) is 3.31. The lowest BCUT2D eigenvalue weighted by Crippen LogP contribution is -2.15. The van der Waals surface area contributed by atoms with Crippen LogP contribution in [0.15, 0.2) is 11.4 Å². The van der Waals surface area contributed by atoms with Gasteiger partial charge in [-0.15, -0.1) is 11.3 Å². The third-order valence-electron chi connectivity index (χ3n) is 2.35. The van der Waals surface area contributed by atoms with Crippen molar-refractivity contribution in [3.63, 3.8) is 0 Å². The van der Waals surface area contributed by atoms with Crippen LogP contribution >= 0.6 is 11.3 Å². The standard InChI is InChI=1S/C10H15NS/c1-2-8-5-6-12-10(8)7-11-9-3-4-9/h5-6,9,11H,2-4,7H2,1H3. The lowest BCUT2D eigenvalue weighted by molar-refractivity contribution is 0.691. The first-order chi connectivity index (χ1) is 5.90. The molecule has 2 heteroatoms. The van der Waals surface area contributed by atoms with E-state index in [2.05, 4.69) is 23.7 Å². The minimum absolute atomic E-state index is 0.830. The Bertz CT molecular complexity index is 250. The molecule has 1 fully saturated rings. The Balaban J connectivity index is 1.91. The van der Waals surface area contributed by atoms with Gasteiger partial charge in [0.1, 0.15) is 0 Å². The summed E-state index contributed by atoms with van der Waals surface area (Å²) < 4.78 is 0. The maximum absolute atomic E-state index is 3.54. The van der Waals surface area contributed by atoms with Gasteiger partial charge in [-0.1, -0.05) is 6.92 Å². The predicted molar refractivity (Wildman–Crippen MR) is 53.6 cm³/mol. The largest absolute Gasteiger partial charge is 0.309 e. The third-order valence-corrected chi connectivity index (χ3v) is 3.31. The first-order valence-corrected chi connectivity index (χ1v) is 5.56. The fraction of sp³-hybridized carbons (Fsp3) is 0.600. The Morgan fingerprint density at radius 2 is 2.42 bits per heavy atom. The highest BCUT2D eigenvalue weighted by molar-refractivity contribution is 7.10. The molecular formula is C10H15NS. The van der Waals surface area contributed by atoms with E-state index in [0.717, 1.165) is 12.6 Å².